The Hall–Kier alpha value is -1.39. The van der Waals surface area contributed by atoms with Crippen LogP contribution in [0.15, 0.2) is 40.9 Å². The van der Waals surface area contributed by atoms with Crippen LogP contribution in [0.4, 0.5) is 4.39 Å². The fourth-order valence-electron chi connectivity index (χ4n) is 2.02. The van der Waals surface area contributed by atoms with E-state index in [1.165, 1.54) is 0 Å². The molecular weight excluding hydrogens is 323 g/mol. The average molecular weight is 339 g/mol. The molecule has 106 valence electrons. The molecule has 1 atom stereocenters. The number of aliphatic hydroxyl groups is 1. The largest absolute Gasteiger partial charge is 0.493 e. The Balaban J connectivity index is 2.36. The highest BCUT2D eigenvalue weighted by molar-refractivity contribution is 9.10. The third-order valence-corrected chi connectivity index (χ3v) is 3.71. The van der Waals surface area contributed by atoms with Crippen molar-refractivity contribution in [3.63, 3.8) is 0 Å². The molecule has 0 fully saturated rings. The van der Waals surface area contributed by atoms with Crippen LogP contribution in [0.3, 0.4) is 0 Å². The molecule has 0 bridgehead atoms. The van der Waals surface area contributed by atoms with Gasteiger partial charge in [0, 0.05) is 5.56 Å². The molecule has 2 aromatic rings. The van der Waals surface area contributed by atoms with E-state index in [-0.39, 0.29) is 11.4 Å². The fraction of sp³-hybridized carbons (Fsp3) is 0.250. The number of halogens is 2. The second-order valence-corrected chi connectivity index (χ2v) is 5.36. The molecule has 0 aliphatic carbocycles. The summed E-state index contributed by atoms with van der Waals surface area (Å²) in [5.41, 5.74) is 1.41. The fourth-order valence-corrected chi connectivity index (χ4v) is 2.53. The minimum Gasteiger partial charge on any atom is -0.493 e. The first kappa shape index (κ1) is 15.0. The van der Waals surface area contributed by atoms with Crippen molar-refractivity contribution >= 4 is 15.9 Å². The van der Waals surface area contributed by atoms with Crippen LogP contribution in [0.5, 0.6) is 5.75 Å². The zero-order valence-corrected chi connectivity index (χ0v) is 12.9. The smallest absolute Gasteiger partial charge is 0.133 e. The second kappa shape index (κ2) is 6.37. The quantitative estimate of drug-likeness (QED) is 0.896. The number of aryl methyl sites for hydroxylation is 1. The van der Waals surface area contributed by atoms with Crippen LogP contribution in [0.25, 0.3) is 0 Å². The molecule has 2 rings (SSSR count). The molecule has 0 aliphatic heterocycles. The van der Waals surface area contributed by atoms with Crippen LogP contribution in [0.2, 0.25) is 0 Å². The third kappa shape index (κ3) is 3.02. The van der Waals surface area contributed by atoms with Gasteiger partial charge in [0.1, 0.15) is 17.7 Å². The maximum absolute atomic E-state index is 14.0. The van der Waals surface area contributed by atoms with E-state index in [1.807, 2.05) is 6.92 Å². The highest BCUT2D eigenvalue weighted by Crippen LogP contribution is 2.32. The minimum absolute atomic E-state index is 0.279. The molecule has 1 N–H and O–H groups in total. The molecule has 0 aromatic heterocycles. The Bertz CT molecular complexity index is 613. The molecule has 0 heterocycles. The van der Waals surface area contributed by atoms with E-state index >= 15 is 0 Å². The number of hydrogen-bond donors (Lipinski definition) is 1. The summed E-state index contributed by atoms with van der Waals surface area (Å²) in [5, 5.41) is 10.3. The molecule has 0 saturated heterocycles. The van der Waals surface area contributed by atoms with E-state index in [0.717, 1.165) is 4.47 Å². The summed E-state index contributed by atoms with van der Waals surface area (Å²) in [5.74, 6) is 0.332. The Labute approximate surface area is 126 Å². The van der Waals surface area contributed by atoms with Crippen molar-refractivity contribution < 1.29 is 14.2 Å². The topological polar surface area (TPSA) is 29.5 Å². The van der Waals surface area contributed by atoms with Crippen molar-refractivity contribution in [2.24, 2.45) is 0 Å². The number of rotatable bonds is 4. The highest BCUT2D eigenvalue weighted by atomic mass is 79.9. The van der Waals surface area contributed by atoms with E-state index in [9.17, 15) is 9.50 Å². The van der Waals surface area contributed by atoms with Crippen molar-refractivity contribution in [1.82, 2.24) is 0 Å². The van der Waals surface area contributed by atoms with Crippen LogP contribution in [0.1, 0.15) is 29.7 Å². The standard InChI is InChI=1S/C16H16BrFO2/c1-3-20-14-8-7-11(9-13(14)17)16(19)12-6-4-5-10(2)15(12)18/h4-9,16,19H,3H2,1-2H3. The summed E-state index contributed by atoms with van der Waals surface area (Å²) in [4.78, 5) is 0. The van der Waals surface area contributed by atoms with E-state index in [1.54, 1.807) is 43.3 Å². The van der Waals surface area contributed by atoms with Gasteiger partial charge < -0.3 is 9.84 Å². The molecule has 2 aromatic carbocycles. The van der Waals surface area contributed by atoms with Crippen LogP contribution in [-0.4, -0.2) is 11.7 Å². The lowest BCUT2D eigenvalue weighted by Crippen LogP contribution is -2.04. The summed E-state index contributed by atoms with van der Waals surface area (Å²) in [7, 11) is 0. The lowest BCUT2D eigenvalue weighted by molar-refractivity contribution is 0.214. The summed E-state index contributed by atoms with van der Waals surface area (Å²) >= 11 is 3.39. The van der Waals surface area contributed by atoms with Gasteiger partial charge in [-0.1, -0.05) is 24.3 Å². The van der Waals surface area contributed by atoms with Gasteiger partial charge in [0.25, 0.3) is 0 Å². The maximum atomic E-state index is 14.0. The normalized spacial score (nSPS) is 12.2. The van der Waals surface area contributed by atoms with Crippen molar-refractivity contribution in [2.45, 2.75) is 20.0 Å². The van der Waals surface area contributed by atoms with Gasteiger partial charge in [-0.05, 0) is 53.0 Å². The van der Waals surface area contributed by atoms with Gasteiger partial charge in [-0.2, -0.15) is 0 Å². The molecule has 20 heavy (non-hydrogen) atoms. The lowest BCUT2D eigenvalue weighted by Gasteiger charge is -2.15. The minimum atomic E-state index is -0.998. The molecule has 4 heteroatoms. The van der Waals surface area contributed by atoms with Crippen molar-refractivity contribution in [2.75, 3.05) is 6.61 Å². The number of hydrogen-bond acceptors (Lipinski definition) is 2. The van der Waals surface area contributed by atoms with Crippen LogP contribution < -0.4 is 4.74 Å². The zero-order valence-electron chi connectivity index (χ0n) is 11.4. The monoisotopic (exact) mass is 338 g/mol. The molecule has 0 aliphatic rings. The summed E-state index contributed by atoms with van der Waals surface area (Å²) in [6.45, 7) is 4.14. The van der Waals surface area contributed by atoms with Gasteiger partial charge in [0.15, 0.2) is 0 Å². The first-order valence-electron chi connectivity index (χ1n) is 6.40. The van der Waals surface area contributed by atoms with Crippen LogP contribution >= 0.6 is 15.9 Å². The van der Waals surface area contributed by atoms with Crippen molar-refractivity contribution in [3.05, 3.63) is 63.4 Å². The van der Waals surface area contributed by atoms with E-state index in [0.29, 0.717) is 23.5 Å². The molecule has 1 unspecified atom stereocenters. The second-order valence-electron chi connectivity index (χ2n) is 4.50. The molecule has 0 saturated carbocycles. The van der Waals surface area contributed by atoms with E-state index < -0.39 is 6.10 Å². The maximum Gasteiger partial charge on any atom is 0.133 e. The van der Waals surface area contributed by atoms with Crippen molar-refractivity contribution in [3.8, 4) is 5.75 Å². The summed E-state index contributed by atoms with van der Waals surface area (Å²) in [6.07, 6.45) is -0.998. The number of aliphatic hydroxyl groups excluding tert-OH is 1. The number of ether oxygens (including phenoxy) is 1. The van der Waals surface area contributed by atoms with Crippen LogP contribution in [-0.2, 0) is 0 Å². The summed E-state index contributed by atoms with van der Waals surface area (Å²) < 4.78 is 20.2. The Morgan fingerprint density at radius 1 is 1.30 bits per heavy atom. The zero-order chi connectivity index (χ0) is 14.7. The molecule has 0 radical (unpaired) electrons. The van der Waals surface area contributed by atoms with Crippen LogP contribution in [0, 0.1) is 12.7 Å². The van der Waals surface area contributed by atoms with Gasteiger partial charge in [0.05, 0.1) is 11.1 Å². The summed E-state index contributed by atoms with van der Waals surface area (Å²) in [6, 6.07) is 10.3. The predicted octanol–water partition coefficient (Wildman–Crippen LogP) is 4.38. The predicted molar refractivity (Wildman–Crippen MR) is 80.5 cm³/mol. The number of benzene rings is 2. The molecule has 0 spiro atoms. The Morgan fingerprint density at radius 2 is 2.05 bits per heavy atom. The van der Waals surface area contributed by atoms with Gasteiger partial charge in [-0.15, -0.1) is 0 Å². The van der Waals surface area contributed by atoms with Gasteiger partial charge in [-0.25, -0.2) is 4.39 Å². The molecule has 0 amide bonds. The highest BCUT2D eigenvalue weighted by Gasteiger charge is 2.17. The molecular formula is C16H16BrFO2. The molecule has 2 nitrogen and oxygen atoms in total. The third-order valence-electron chi connectivity index (χ3n) is 3.09. The van der Waals surface area contributed by atoms with E-state index in [4.69, 9.17) is 4.74 Å². The van der Waals surface area contributed by atoms with Crippen molar-refractivity contribution in [1.29, 1.82) is 0 Å². The SMILES string of the molecule is CCOc1ccc(C(O)c2cccc(C)c2F)cc1Br. The Morgan fingerprint density at radius 3 is 2.70 bits per heavy atom. The lowest BCUT2D eigenvalue weighted by atomic mass is 9.99. The first-order valence-corrected chi connectivity index (χ1v) is 7.19. The average Bonchev–Trinajstić information content (AvgIpc) is 2.43. The van der Waals surface area contributed by atoms with Gasteiger partial charge >= 0.3 is 0 Å². The first-order chi connectivity index (χ1) is 9.54. The Kier molecular flexibility index (Phi) is 4.78. The van der Waals surface area contributed by atoms with E-state index in [2.05, 4.69) is 15.9 Å². The van der Waals surface area contributed by atoms with Gasteiger partial charge in [-0.3, -0.25) is 0 Å². The van der Waals surface area contributed by atoms with Gasteiger partial charge in [0.2, 0.25) is 0 Å².